The molecular weight excluding hydrogens is 1650 g/mol. The Morgan fingerprint density at radius 1 is 0.333 bits per heavy atom. The van der Waals surface area contributed by atoms with Gasteiger partial charge in [0, 0.05) is 0 Å². The molecule has 4 aromatic carbocycles. The molecule has 0 saturated carbocycles. The number of nitrogens with one attached hydrogen (secondary N) is 4. The molecule has 0 spiro atoms. The third-order valence-electron chi connectivity index (χ3n) is 18.8. The molecule has 0 radical (unpaired) electrons. The topological polar surface area (TPSA) is 328 Å². The molecule has 117 heavy (non-hydrogen) atoms. The van der Waals surface area contributed by atoms with Crippen LogP contribution in [0.15, 0.2) is 87.7 Å². The van der Waals surface area contributed by atoms with Gasteiger partial charge in [-0.15, -0.1) is 0 Å². The summed E-state index contributed by atoms with van der Waals surface area (Å²) in [5.74, 6) is 0.196. The van der Waals surface area contributed by atoms with Gasteiger partial charge < -0.3 is 92.4 Å². The summed E-state index contributed by atoms with van der Waals surface area (Å²) >= 11 is 6.43. The molecule has 1 heterocycles. The zero-order chi connectivity index (χ0) is 88.6. The number of carboxylic acid groups (broad SMARTS) is 2. The number of hydrogen-bond acceptors (Lipinski definition) is 27. The van der Waals surface area contributed by atoms with E-state index in [1.54, 1.807) is 47.0 Å². The van der Waals surface area contributed by atoms with Gasteiger partial charge in [-0.3, -0.25) is 27.8 Å². The third-order valence-corrected chi connectivity index (χ3v) is 33.9. The molecule has 8 N–H and O–H groups in total. The van der Waals surface area contributed by atoms with Crippen LogP contribution in [0.4, 0.5) is 0 Å². The van der Waals surface area contributed by atoms with Crippen LogP contribution >= 0.6 is 77.4 Å². The van der Waals surface area contributed by atoms with Gasteiger partial charge in [0.25, 0.3) is 0 Å². The highest BCUT2D eigenvalue weighted by Crippen LogP contribution is 2.63. The first-order chi connectivity index (χ1) is 54.2. The molecule has 668 valence electrons. The molecular formula is C84H143N5O20P4S4. The maximum Gasteiger partial charge on any atom is 0.349 e. The van der Waals surface area contributed by atoms with Gasteiger partial charge in [-0.05, 0) is 255 Å². The molecule has 0 fully saturated rings. The normalized spacial score (nSPS) is 14.1. The monoisotopic (exact) mass is 1790 g/mol. The second kappa shape index (κ2) is 46.2. The molecule has 1 atom stereocenters. The fraction of sp³-hybridized carbons (Fsp3) is 0.690. The predicted molar refractivity (Wildman–Crippen MR) is 477 cm³/mol. The van der Waals surface area contributed by atoms with Crippen molar-refractivity contribution in [2.75, 3.05) is 105 Å². The molecule has 0 amide bonds. The van der Waals surface area contributed by atoms with E-state index < -0.39 is 75.9 Å². The lowest BCUT2D eigenvalue weighted by Crippen LogP contribution is -2.41. The van der Waals surface area contributed by atoms with Gasteiger partial charge in [0.1, 0.15) is 50.2 Å². The van der Waals surface area contributed by atoms with Crippen molar-refractivity contribution in [2.24, 2.45) is 5.73 Å². The highest BCUT2D eigenvalue weighted by atomic mass is 32.2. The van der Waals surface area contributed by atoms with E-state index in [4.69, 9.17) is 71.1 Å². The van der Waals surface area contributed by atoms with Crippen LogP contribution in [-0.4, -0.2) is 155 Å². The van der Waals surface area contributed by atoms with Gasteiger partial charge in [-0.2, -0.15) is 0 Å². The highest BCUT2D eigenvalue weighted by molar-refractivity contribution is 8.01. The number of benzene rings is 4. The van der Waals surface area contributed by atoms with Crippen molar-refractivity contribution in [1.29, 1.82) is 0 Å². The van der Waals surface area contributed by atoms with Crippen molar-refractivity contribution in [3.8, 4) is 23.0 Å². The summed E-state index contributed by atoms with van der Waals surface area (Å²) in [6.45, 7) is 60.9. The number of nitrogens with two attached hydrogens (primary N) is 1. The Morgan fingerprint density at radius 2 is 0.496 bits per heavy atom. The summed E-state index contributed by atoms with van der Waals surface area (Å²) in [5, 5.41) is 26.1. The largest absolute Gasteiger partial charge is 0.491 e. The van der Waals surface area contributed by atoms with Gasteiger partial charge >= 0.3 is 42.3 Å². The molecule has 0 aromatic heterocycles. The molecule has 0 aliphatic carbocycles. The van der Waals surface area contributed by atoms with Crippen LogP contribution in [0.5, 0.6) is 23.0 Å². The molecule has 5 rings (SSSR count). The molecule has 1 unspecified atom stereocenters. The Hall–Kier alpha value is -3.18. The fourth-order valence-electron chi connectivity index (χ4n) is 11.7. The Bertz CT molecular complexity index is 3450. The zero-order valence-corrected chi connectivity index (χ0v) is 82.1. The molecule has 8 bridgehead atoms. The van der Waals surface area contributed by atoms with Crippen molar-refractivity contribution in [2.45, 2.75) is 314 Å². The van der Waals surface area contributed by atoms with E-state index in [1.165, 1.54) is 0 Å². The number of carboxylic acids is 2. The van der Waals surface area contributed by atoms with Crippen LogP contribution in [0.1, 0.15) is 248 Å². The zero-order valence-electron chi connectivity index (χ0n) is 75.3. The van der Waals surface area contributed by atoms with E-state index in [0.717, 1.165) is 61.4 Å². The lowest BCUT2D eigenvalue weighted by molar-refractivity contribution is -0.144. The van der Waals surface area contributed by atoms with Crippen molar-refractivity contribution in [3.63, 3.8) is 0 Å². The Kier molecular flexibility index (Phi) is 41.9. The number of ether oxygens (including phenoxy) is 4. The summed E-state index contributed by atoms with van der Waals surface area (Å²) in [6.07, 6.45) is 1.59. The van der Waals surface area contributed by atoms with Crippen LogP contribution in [-0.2, 0) is 85.7 Å². The Balaban J connectivity index is 0.00000300. The van der Waals surface area contributed by atoms with E-state index in [2.05, 4.69) is 153 Å². The molecule has 1 aliphatic rings. The van der Waals surface area contributed by atoms with Crippen molar-refractivity contribution < 1.29 is 93.2 Å². The Labute approximate surface area is 718 Å². The molecule has 0 saturated heterocycles. The lowest BCUT2D eigenvalue weighted by atomic mass is 9.87. The molecule has 25 nitrogen and oxygen atoms in total. The quantitative estimate of drug-likeness (QED) is 0.0141. The number of carbonyl (C=O) groups is 2. The number of fused-ring (bicyclic) bond motifs is 8. The van der Waals surface area contributed by atoms with Crippen LogP contribution in [0.3, 0.4) is 0 Å². The smallest absolute Gasteiger partial charge is 0.349 e. The average Bonchev–Trinajstić information content (AvgIpc) is 0.757. The predicted octanol–water partition coefficient (Wildman–Crippen LogP) is 22.1. The minimum atomic E-state index is -3.57. The molecule has 4 aromatic rings. The van der Waals surface area contributed by atoms with Crippen molar-refractivity contribution in [3.05, 3.63) is 70.8 Å². The SMILES string of the molecule is CCOP(=O)(OCC)C(C)(C)NCCCOc1c2cc(C(C)(C)C)cc1Sc1cc(C(C)(C)C)cc(c1OCCCNC(C)(C)P(=O)(OCC)OCC)Sc1cc(C(C)(C)C)cc(c1OCCCNC(C)(C)P(=O)(OCC)OCC)Sc1cc(C(C)(C)C)cc(c1OCCCNC(C)(C)P(=O)(OCC)OCC)S2.NC(CC(=O)O)C(=O)O. The fourth-order valence-corrected chi connectivity index (χ4v) is 23.3. The first-order valence-corrected chi connectivity index (χ1v) is 50.4. The van der Waals surface area contributed by atoms with Gasteiger partial charge in [-0.1, -0.05) is 130 Å². The van der Waals surface area contributed by atoms with Crippen LogP contribution in [0.25, 0.3) is 0 Å². The number of rotatable bonds is 47. The molecule has 33 heteroatoms. The summed E-state index contributed by atoms with van der Waals surface area (Å²) in [7, 11) is -14.3. The summed E-state index contributed by atoms with van der Waals surface area (Å²) < 4.78 is 133. The third kappa shape index (κ3) is 30.6. The first kappa shape index (κ1) is 106. The van der Waals surface area contributed by atoms with E-state index in [0.29, 0.717) is 74.9 Å². The van der Waals surface area contributed by atoms with E-state index >= 15 is 0 Å². The second-order valence-corrected chi connectivity index (χ2v) is 49.1. The standard InChI is InChI=1S/C80H136N4O16P4S4.C4H7NO4/c1-29-93-101(85,94-30-2)77(21,22)81-41-37-45-89-69-61-49-57(73(9,10)11)50-62(69)106-64-52-59(75(15,16)17)54-66(71(64)91-47-39-43-83-79(25,26)103(87,97-33-5)98-34-6)108-68-56-60(76(18,19)20)55-67(72(68)92-48-40-44-84-80(27,28)104(88,99-35-7)100-36-8)107-65-53-58(74(12,13)14)51-63(105-61)70(65)90-46-38-42-82-78(23,24)102(86,95-31-3)96-32-4;5-2(4(8)9)1-3(6)7/h49-56,81-84H,29-48H2,1-28H3;2H,1,5H2,(H,6,7)(H,8,9). The first-order valence-electron chi connectivity index (χ1n) is 40.9. The average molecular weight is 1800 g/mol. The second-order valence-electron chi connectivity index (χ2n) is 34.2. The van der Waals surface area contributed by atoms with E-state index in [-0.39, 0.29) is 101 Å². The van der Waals surface area contributed by atoms with Crippen LogP contribution < -0.4 is 45.9 Å². The van der Waals surface area contributed by atoms with Crippen LogP contribution in [0.2, 0.25) is 0 Å². The number of hydrogen-bond donors (Lipinski definition) is 7. The van der Waals surface area contributed by atoms with Gasteiger partial charge in [0.05, 0.1) is 125 Å². The van der Waals surface area contributed by atoms with E-state index in [9.17, 15) is 27.8 Å². The van der Waals surface area contributed by atoms with Crippen LogP contribution in [0, 0.1) is 0 Å². The number of aliphatic carboxylic acids is 2. The Morgan fingerprint density at radius 3 is 0.615 bits per heavy atom. The van der Waals surface area contributed by atoms with Gasteiger partial charge in [-0.25, -0.2) is 0 Å². The molecule has 1 aliphatic heterocycles. The van der Waals surface area contributed by atoms with Gasteiger partial charge in [0.2, 0.25) is 0 Å². The maximum atomic E-state index is 14.3. The highest BCUT2D eigenvalue weighted by Gasteiger charge is 2.47. The lowest BCUT2D eigenvalue weighted by Gasteiger charge is -2.33. The summed E-state index contributed by atoms with van der Waals surface area (Å²) in [6, 6.07) is 16.8. The van der Waals surface area contributed by atoms with Gasteiger partial charge in [0.15, 0.2) is 0 Å². The minimum absolute atomic E-state index is 0.234. The van der Waals surface area contributed by atoms with Crippen molar-refractivity contribution >= 4 is 89.4 Å². The van der Waals surface area contributed by atoms with Crippen molar-refractivity contribution in [1.82, 2.24) is 21.3 Å². The maximum absolute atomic E-state index is 14.3. The summed E-state index contributed by atoms with van der Waals surface area (Å²) in [4.78, 5) is 26.6. The minimum Gasteiger partial charge on any atom is -0.491 e. The summed E-state index contributed by atoms with van der Waals surface area (Å²) in [5.41, 5.74) is 7.74. The van der Waals surface area contributed by atoms with E-state index in [1.807, 2.05) is 111 Å².